The Morgan fingerprint density at radius 1 is 1.24 bits per heavy atom. The molecule has 0 aromatic heterocycles. The van der Waals surface area contributed by atoms with Crippen LogP contribution in [0.15, 0.2) is 36.4 Å². The lowest BCUT2D eigenvalue weighted by molar-refractivity contribution is -0.145. The Morgan fingerprint density at radius 2 is 2.00 bits per heavy atom. The van der Waals surface area contributed by atoms with Crippen LogP contribution in [0.2, 0.25) is 0 Å². The highest BCUT2D eigenvalue weighted by molar-refractivity contribution is 5.84. The maximum absolute atomic E-state index is 12.3. The summed E-state index contributed by atoms with van der Waals surface area (Å²) in [5.74, 6) is 0.864. The highest BCUT2D eigenvalue weighted by Crippen LogP contribution is 2.27. The molecule has 1 atom stereocenters. The van der Waals surface area contributed by atoms with E-state index >= 15 is 0 Å². The molecular weight excluding hydrogens is 318 g/mol. The number of amides is 1. The van der Waals surface area contributed by atoms with Gasteiger partial charge in [-0.05, 0) is 48.4 Å². The monoisotopic (exact) mass is 343 g/mol. The zero-order valence-corrected chi connectivity index (χ0v) is 15.0. The van der Waals surface area contributed by atoms with Crippen molar-refractivity contribution in [1.29, 1.82) is 0 Å². The third-order valence-corrected chi connectivity index (χ3v) is 4.40. The van der Waals surface area contributed by atoms with Crippen LogP contribution in [0, 0.1) is 0 Å². The van der Waals surface area contributed by atoms with Crippen LogP contribution >= 0.6 is 0 Å². The molecule has 1 aliphatic rings. The van der Waals surface area contributed by atoms with Gasteiger partial charge in [0.05, 0.1) is 26.4 Å². The zero-order chi connectivity index (χ0) is 17.8. The topological polar surface area (TPSA) is 48.0 Å². The molecule has 1 fully saturated rings. The van der Waals surface area contributed by atoms with E-state index < -0.39 is 0 Å². The molecule has 2 aromatic carbocycles. The van der Waals surface area contributed by atoms with E-state index in [9.17, 15) is 4.79 Å². The average molecular weight is 343 g/mol. The average Bonchev–Trinajstić information content (AvgIpc) is 2.65. The predicted molar refractivity (Wildman–Crippen MR) is 96.9 cm³/mol. The van der Waals surface area contributed by atoms with E-state index in [0.29, 0.717) is 19.7 Å². The Kier molecular flexibility index (Phi) is 5.56. The van der Waals surface area contributed by atoms with Crippen molar-refractivity contribution in [3.05, 3.63) is 42.0 Å². The number of rotatable bonds is 5. The first-order valence-corrected chi connectivity index (χ1v) is 8.65. The molecule has 1 amide bonds. The quantitative estimate of drug-likeness (QED) is 0.837. The summed E-state index contributed by atoms with van der Waals surface area (Å²) in [5.41, 5.74) is 1.08. The molecule has 3 rings (SSSR count). The van der Waals surface area contributed by atoms with Crippen LogP contribution in [-0.2, 0) is 14.3 Å². The fourth-order valence-corrected chi connectivity index (χ4v) is 2.98. The van der Waals surface area contributed by atoms with Crippen molar-refractivity contribution >= 4 is 16.7 Å². The summed E-state index contributed by atoms with van der Waals surface area (Å²) >= 11 is 0. The van der Waals surface area contributed by atoms with Crippen molar-refractivity contribution in [1.82, 2.24) is 4.90 Å². The number of hydrogen-bond donors (Lipinski definition) is 0. The normalized spacial score (nSPS) is 17.9. The van der Waals surface area contributed by atoms with Crippen molar-refractivity contribution in [2.45, 2.75) is 26.1 Å². The first kappa shape index (κ1) is 17.7. The van der Waals surface area contributed by atoms with E-state index in [1.165, 1.54) is 0 Å². The van der Waals surface area contributed by atoms with Gasteiger partial charge in [0.1, 0.15) is 18.5 Å². The minimum absolute atomic E-state index is 0.0209. The van der Waals surface area contributed by atoms with Gasteiger partial charge in [0.25, 0.3) is 0 Å². The molecule has 0 spiro atoms. The minimum atomic E-state index is -0.108. The molecule has 1 saturated heterocycles. The molecule has 134 valence electrons. The Bertz CT molecular complexity index is 744. The van der Waals surface area contributed by atoms with Crippen molar-refractivity contribution in [3.63, 3.8) is 0 Å². The molecule has 1 heterocycles. The van der Waals surface area contributed by atoms with Crippen LogP contribution in [0.4, 0.5) is 0 Å². The standard InChI is InChI=1S/C20H25NO4/c1-14(2)25-13-20(22)21-8-9-24-19(12-21)17-5-4-16-11-18(23-3)7-6-15(16)10-17/h4-7,10-11,14,19H,8-9,12-13H2,1-3H3/t19-/m1/s1. The second kappa shape index (κ2) is 7.85. The van der Waals surface area contributed by atoms with Crippen molar-refractivity contribution in [3.8, 4) is 5.75 Å². The zero-order valence-electron chi connectivity index (χ0n) is 15.0. The number of morpholine rings is 1. The minimum Gasteiger partial charge on any atom is -0.497 e. The van der Waals surface area contributed by atoms with Gasteiger partial charge < -0.3 is 19.1 Å². The lowest BCUT2D eigenvalue weighted by Crippen LogP contribution is -2.44. The van der Waals surface area contributed by atoms with Crippen molar-refractivity contribution in [2.24, 2.45) is 0 Å². The molecule has 0 unspecified atom stereocenters. The molecule has 5 heteroatoms. The third-order valence-electron chi connectivity index (χ3n) is 4.40. The summed E-state index contributed by atoms with van der Waals surface area (Å²) in [6.45, 7) is 5.70. The fraction of sp³-hybridized carbons (Fsp3) is 0.450. The highest BCUT2D eigenvalue weighted by Gasteiger charge is 2.25. The van der Waals surface area contributed by atoms with Gasteiger partial charge in [0.2, 0.25) is 5.91 Å². The van der Waals surface area contributed by atoms with Gasteiger partial charge in [-0.25, -0.2) is 0 Å². The molecular formula is C20H25NO4. The molecule has 0 radical (unpaired) electrons. The summed E-state index contributed by atoms with van der Waals surface area (Å²) in [7, 11) is 1.67. The van der Waals surface area contributed by atoms with E-state index in [0.717, 1.165) is 22.1 Å². The molecule has 0 N–H and O–H groups in total. The second-order valence-electron chi connectivity index (χ2n) is 6.53. The van der Waals surface area contributed by atoms with Crippen molar-refractivity contribution in [2.75, 3.05) is 33.4 Å². The Hall–Kier alpha value is -2.11. The number of ether oxygens (including phenoxy) is 3. The summed E-state index contributed by atoms with van der Waals surface area (Å²) in [5, 5.41) is 2.26. The van der Waals surface area contributed by atoms with Gasteiger partial charge >= 0.3 is 0 Å². The number of carbonyl (C=O) groups excluding carboxylic acids is 1. The number of fused-ring (bicyclic) bond motifs is 1. The highest BCUT2D eigenvalue weighted by atomic mass is 16.5. The molecule has 1 aliphatic heterocycles. The number of methoxy groups -OCH3 is 1. The Balaban J connectivity index is 1.72. The SMILES string of the molecule is COc1ccc2cc([C@H]3CN(C(=O)COC(C)C)CCO3)ccc2c1. The third kappa shape index (κ3) is 4.30. The Labute approximate surface area is 148 Å². The van der Waals surface area contributed by atoms with Gasteiger partial charge in [-0.3, -0.25) is 4.79 Å². The van der Waals surface area contributed by atoms with Gasteiger partial charge in [-0.2, -0.15) is 0 Å². The molecule has 2 aromatic rings. The van der Waals surface area contributed by atoms with Crippen LogP contribution in [0.3, 0.4) is 0 Å². The lowest BCUT2D eigenvalue weighted by atomic mass is 10.0. The van der Waals surface area contributed by atoms with E-state index in [2.05, 4.69) is 18.2 Å². The molecule has 0 bridgehead atoms. The maximum Gasteiger partial charge on any atom is 0.248 e. The Morgan fingerprint density at radius 3 is 2.76 bits per heavy atom. The maximum atomic E-state index is 12.3. The van der Waals surface area contributed by atoms with E-state index in [-0.39, 0.29) is 24.7 Å². The van der Waals surface area contributed by atoms with Crippen LogP contribution in [-0.4, -0.2) is 50.3 Å². The number of hydrogen-bond acceptors (Lipinski definition) is 4. The van der Waals surface area contributed by atoms with Gasteiger partial charge in [0.15, 0.2) is 0 Å². The number of benzene rings is 2. The van der Waals surface area contributed by atoms with Crippen LogP contribution in [0.25, 0.3) is 10.8 Å². The summed E-state index contributed by atoms with van der Waals surface area (Å²) in [6.07, 6.45) is -0.0541. The first-order chi connectivity index (χ1) is 12.1. The largest absolute Gasteiger partial charge is 0.497 e. The molecule has 5 nitrogen and oxygen atoms in total. The van der Waals surface area contributed by atoms with Crippen LogP contribution in [0.5, 0.6) is 5.75 Å². The summed E-state index contributed by atoms with van der Waals surface area (Å²) in [6, 6.07) is 12.3. The van der Waals surface area contributed by atoms with Crippen LogP contribution in [0.1, 0.15) is 25.5 Å². The molecule has 25 heavy (non-hydrogen) atoms. The molecule has 0 saturated carbocycles. The number of carbonyl (C=O) groups is 1. The van der Waals surface area contributed by atoms with Crippen molar-refractivity contribution < 1.29 is 19.0 Å². The van der Waals surface area contributed by atoms with E-state index in [1.807, 2.05) is 36.9 Å². The van der Waals surface area contributed by atoms with Crippen LogP contribution < -0.4 is 4.74 Å². The lowest BCUT2D eigenvalue weighted by Gasteiger charge is -2.33. The smallest absolute Gasteiger partial charge is 0.248 e. The summed E-state index contributed by atoms with van der Waals surface area (Å²) < 4.78 is 16.6. The van der Waals surface area contributed by atoms with Gasteiger partial charge in [0, 0.05) is 6.54 Å². The summed E-state index contributed by atoms with van der Waals surface area (Å²) in [4.78, 5) is 14.1. The van der Waals surface area contributed by atoms with Gasteiger partial charge in [-0.1, -0.05) is 18.2 Å². The predicted octanol–water partition coefficient (Wildman–Crippen LogP) is 3.17. The van der Waals surface area contributed by atoms with Gasteiger partial charge in [-0.15, -0.1) is 0 Å². The van der Waals surface area contributed by atoms with E-state index in [4.69, 9.17) is 14.2 Å². The number of nitrogens with zero attached hydrogens (tertiary/aromatic N) is 1. The molecule has 0 aliphatic carbocycles. The fourth-order valence-electron chi connectivity index (χ4n) is 2.98. The second-order valence-corrected chi connectivity index (χ2v) is 6.53. The van der Waals surface area contributed by atoms with E-state index in [1.54, 1.807) is 7.11 Å². The first-order valence-electron chi connectivity index (χ1n) is 8.65.